The van der Waals surface area contributed by atoms with Gasteiger partial charge in [0.25, 0.3) is 0 Å². The highest BCUT2D eigenvalue weighted by molar-refractivity contribution is 5.60. The summed E-state index contributed by atoms with van der Waals surface area (Å²) in [6.07, 6.45) is 3.29. The molecule has 2 rings (SSSR count). The van der Waals surface area contributed by atoms with Crippen LogP contribution in [-0.4, -0.2) is 20.8 Å². The number of aromatic nitrogens is 2. The summed E-state index contributed by atoms with van der Waals surface area (Å²) in [6.45, 7) is 2.42. The van der Waals surface area contributed by atoms with E-state index in [0.29, 0.717) is 6.54 Å². The first-order valence-electron chi connectivity index (χ1n) is 4.60. The summed E-state index contributed by atoms with van der Waals surface area (Å²) in [6, 6.07) is 1.90. The Balaban J connectivity index is 2.05. The molecule has 0 aromatic carbocycles. The number of rotatable bonds is 3. The highest BCUT2D eigenvalue weighted by Gasteiger charge is 2.05. The molecule has 0 fully saturated rings. The second-order valence-corrected chi connectivity index (χ2v) is 3.32. The topological polar surface area (TPSA) is 77.5 Å². The lowest BCUT2D eigenvalue weighted by molar-refractivity contribution is 0.142. The van der Waals surface area contributed by atoms with Crippen LogP contribution in [0.5, 0.6) is 5.88 Å². The van der Waals surface area contributed by atoms with Gasteiger partial charge in [0.05, 0.1) is 25.3 Å². The Morgan fingerprint density at radius 2 is 2.50 bits per heavy atom. The van der Waals surface area contributed by atoms with E-state index in [-0.39, 0.29) is 5.88 Å². The van der Waals surface area contributed by atoms with Crippen LogP contribution in [0.2, 0.25) is 0 Å². The third-order valence-corrected chi connectivity index (χ3v) is 1.95. The zero-order valence-corrected chi connectivity index (χ0v) is 8.58. The van der Waals surface area contributed by atoms with Crippen LogP contribution in [-0.2, 0) is 6.54 Å². The molecule has 2 heterocycles. The van der Waals surface area contributed by atoms with Crippen LogP contribution in [0.1, 0.15) is 11.3 Å². The largest absolute Gasteiger partial charge is 0.512 e. The maximum Gasteiger partial charge on any atom is 0.512 e. The van der Waals surface area contributed by atoms with E-state index in [0.717, 1.165) is 11.3 Å². The molecule has 0 unspecified atom stereocenters. The lowest BCUT2D eigenvalue weighted by Crippen LogP contribution is -2.03. The third kappa shape index (κ3) is 2.41. The fourth-order valence-corrected chi connectivity index (χ4v) is 1.36. The van der Waals surface area contributed by atoms with Crippen molar-refractivity contribution in [2.24, 2.45) is 0 Å². The summed E-state index contributed by atoms with van der Waals surface area (Å²) in [5.74, 6) is 0.893. The Hall–Kier alpha value is -2.24. The van der Waals surface area contributed by atoms with Gasteiger partial charge in [0.2, 0.25) is 5.88 Å². The summed E-state index contributed by atoms with van der Waals surface area (Å²) in [7, 11) is 0. The second-order valence-electron chi connectivity index (χ2n) is 3.32. The van der Waals surface area contributed by atoms with Gasteiger partial charge in [0.15, 0.2) is 0 Å². The standard InChI is InChI=1S/C10H10N2O4/c1-7-2-8(5-15-7)3-12-4-9(11-6-12)16-10(13)14/h2,4-6H,3H2,1H3,(H,13,14). The zero-order valence-electron chi connectivity index (χ0n) is 8.58. The maximum absolute atomic E-state index is 10.3. The van der Waals surface area contributed by atoms with Crippen LogP contribution in [0.3, 0.4) is 0 Å². The van der Waals surface area contributed by atoms with Gasteiger partial charge in [0, 0.05) is 5.56 Å². The molecular weight excluding hydrogens is 212 g/mol. The van der Waals surface area contributed by atoms with E-state index < -0.39 is 6.16 Å². The number of imidazole rings is 1. The molecule has 0 atom stereocenters. The number of aryl methyl sites for hydroxylation is 1. The molecule has 16 heavy (non-hydrogen) atoms. The monoisotopic (exact) mass is 222 g/mol. The van der Waals surface area contributed by atoms with Crippen molar-refractivity contribution in [1.82, 2.24) is 9.55 Å². The number of ether oxygens (including phenoxy) is 1. The van der Waals surface area contributed by atoms with Gasteiger partial charge in [-0.25, -0.2) is 9.78 Å². The van der Waals surface area contributed by atoms with Crippen molar-refractivity contribution in [1.29, 1.82) is 0 Å². The number of nitrogens with zero attached hydrogens (tertiary/aromatic N) is 2. The van der Waals surface area contributed by atoms with Gasteiger partial charge in [-0.05, 0) is 13.0 Å². The molecule has 2 aromatic rings. The molecule has 84 valence electrons. The normalized spacial score (nSPS) is 10.3. The van der Waals surface area contributed by atoms with E-state index in [1.165, 1.54) is 12.5 Å². The van der Waals surface area contributed by atoms with Crippen molar-refractivity contribution >= 4 is 6.16 Å². The predicted molar refractivity (Wildman–Crippen MR) is 53.4 cm³/mol. The fraction of sp³-hybridized carbons (Fsp3) is 0.200. The van der Waals surface area contributed by atoms with Crippen molar-refractivity contribution in [3.63, 3.8) is 0 Å². The first-order valence-corrected chi connectivity index (χ1v) is 4.60. The highest BCUT2D eigenvalue weighted by atomic mass is 16.7. The average Bonchev–Trinajstić information content (AvgIpc) is 2.76. The molecule has 0 radical (unpaired) electrons. The van der Waals surface area contributed by atoms with Crippen molar-refractivity contribution < 1.29 is 19.1 Å². The molecule has 0 spiro atoms. The number of carboxylic acid groups (broad SMARTS) is 1. The molecule has 0 amide bonds. The molecular formula is C10H10N2O4. The molecule has 0 aliphatic rings. The third-order valence-electron chi connectivity index (χ3n) is 1.95. The molecule has 1 N–H and O–H groups in total. The quantitative estimate of drug-likeness (QED) is 0.802. The van der Waals surface area contributed by atoms with Gasteiger partial charge in [-0.2, -0.15) is 0 Å². The van der Waals surface area contributed by atoms with E-state index in [2.05, 4.69) is 9.72 Å². The summed E-state index contributed by atoms with van der Waals surface area (Å²) in [5.41, 5.74) is 0.983. The van der Waals surface area contributed by atoms with Crippen LogP contribution in [0, 0.1) is 6.92 Å². The van der Waals surface area contributed by atoms with Crippen molar-refractivity contribution in [3.8, 4) is 5.88 Å². The molecule has 0 bridgehead atoms. The van der Waals surface area contributed by atoms with Gasteiger partial charge < -0.3 is 18.8 Å². The van der Waals surface area contributed by atoms with Crippen molar-refractivity contribution in [2.75, 3.05) is 0 Å². The van der Waals surface area contributed by atoms with Crippen LogP contribution >= 0.6 is 0 Å². The minimum atomic E-state index is -1.37. The molecule has 6 heteroatoms. The van der Waals surface area contributed by atoms with E-state index in [9.17, 15) is 4.79 Å². The summed E-state index contributed by atoms with van der Waals surface area (Å²) in [5, 5.41) is 8.38. The summed E-state index contributed by atoms with van der Waals surface area (Å²) in [4.78, 5) is 14.0. The van der Waals surface area contributed by atoms with Gasteiger partial charge in [-0.1, -0.05) is 0 Å². The van der Waals surface area contributed by atoms with Gasteiger partial charge in [-0.3, -0.25) is 0 Å². The van der Waals surface area contributed by atoms with E-state index in [4.69, 9.17) is 9.52 Å². The molecule has 0 aliphatic carbocycles. The Bertz CT molecular complexity index is 500. The summed E-state index contributed by atoms with van der Waals surface area (Å²) < 4.78 is 11.3. The number of hydrogen-bond donors (Lipinski definition) is 1. The van der Waals surface area contributed by atoms with Gasteiger partial charge in [0.1, 0.15) is 5.76 Å². The SMILES string of the molecule is Cc1cc(Cn2cnc(OC(=O)O)c2)co1. The molecule has 0 aliphatic heterocycles. The number of hydrogen-bond acceptors (Lipinski definition) is 4. The van der Waals surface area contributed by atoms with E-state index in [1.54, 1.807) is 10.8 Å². The van der Waals surface area contributed by atoms with Crippen LogP contribution in [0.15, 0.2) is 29.3 Å². The van der Waals surface area contributed by atoms with Crippen molar-refractivity contribution in [3.05, 3.63) is 36.2 Å². The smallest absolute Gasteiger partial charge is 0.469 e. The van der Waals surface area contributed by atoms with Crippen LogP contribution in [0.4, 0.5) is 4.79 Å². The highest BCUT2D eigenvalue weighted by Crippen LogP contribution is 2.11. The Morgan fingerprint density at radius 3 is 3.12 bits per heavy atom. The minimum Gasteiger partial charge on any atom is -0.469 e. The first-order chi connectivity index (χ1) is 7.63. The predicted octanol–water partition coefficient (Wildman–Crippen LogP) is 1.89. The fourth-order valence-electron chi connectivity index (χ4n) is 1.36. The van der Waals surface area contributed by atoms with E-state index >= 15 is 0 Å². The Kier molecular flexibility index (Phi) is 2.63. The van der Waals surface area contributed by atoms with Gasteiger partial charge >= 0.3 is 6.16 Å². The average molecular weight is 222 g/mol. The van der Waals surface area contributed by atoms with Crippen LogP contribution < -0.4 is 4.74 Å². The molecule has 2 aromatic heterocycles. The lowest BCUT2D eigenvalue weighted by atomic mass is 10.3. The number of carbonyl (C=O) groups is 1. The second kappa shape index (κ2) is 4.09. The summed E-state index contributed by atoms with van der Waals surface area (Å²) >= 11 is 0. The Labute approximate surface area is 91.1 Å². The molecule has 6 nitrogen and oxygen atoms in total. The molecule has 0 saturated carbocycles. The number of furan rings is 1. The molecule has 0 saturated heterocycles. The minimum absolute atomic E-state index is 0.0627. The lowest BCUT2D eigenvalue weighted by Gasteiger charge is -1.96. The van der Waals surface area contributed by atoms with Crippen molar-refractivity contribution in [2.45, 2.75) is 13.5 Å². The maximum atomic E-state index is 10.3. The van der Waals surface area contributed by atoms with E-state index in [1.807, 2.05) is 13.0 Å². The first kappa shape index (κ1) is 10.3. The van der Waals surface area contributed by atoms with Crippen LogP contribution in [0.25, 0.3) is 0 Å². The van der Waals surface area contributed by atoms with Gasteiger partial charge in [-0.15, -0.1) is 0 Å². The Morgan fingerprint density at radius 1 is 1.69 bits per heavy atom. The zero-order chi connectivity index (χ0) is 11.5.